The van der Waals surface area contributed by atoms with E-state index in [-0.39, 0.29) is 11.0 Å². The van der Waals surface area contributed by atoms with Gasteiger partial charge in [0.2, 0.25) is 5.88 Å². The van der Waals surface area contributed by atoms with Crippen LogP contribution in [0.2, 0.25) is 0 Å². The molecule has 3 aliphatic rings. The lowest BCUT2D eigenvalue weighted by molar-refractivity contribution is 0.0920. The summed E-state index contributed by atoms with van der Waals surface area (Å²) in [7, 11) is -2.22. The van der Waals surface area contributed by atoms with E-state index in [1.54, 1.807) is 11.8 Å². The van der Waals surface area contributed by atoms with Gasteiger partial charge in [-0.05, 0) is 70.5 Å². The number of urea groups is 1. The molecule has 250 valence electrons. The lowest BCUT2D eigenvalue weighted by Crippen LogP contribution is -2.38. The molecule has 2 N–H and O–H groups in total. The van der Waals surface area contributed by atoms with E-state index in [0.29, 0.717) is 24.9 Å². The van der Waals surface area contributed by atoms with Crippen molar-refractivity contribution in [2.24, 2.45) is 4.36 Å². The molecule has 1 aliphatic heterocycles. The summed E-state index contributed by atoms with van der Waals surface area (Å²) in [6.07, 6.45) is 5.11. The molecule has 0 saturated heterocycles. The molecule has 2 unspecified atom stereocenters. The van der Waals surface area contributed by atoms with Crippen molar-refractivity contribution in [1.29, 1.82) is 0 Å². The topological polar surface area (TPSA) is 107 Å². The van der Waals surface area contributed by atoms with Gasteiger partial charge in [-0.15, -0.1) is 0 Å². The number of ether oxygens (including phenoxy) is 2. The maximum Gasteiger partial charge on any atom is 0.331 e. The first-order valence-electron chi connectivity index (χ1n) is 16.8. The zero-order chi connectivity index (χ0) is 33.6. The largest absolute Gasteiger partial charge is 0.469 e. The summed E-state index contributed by atoms with van der Waals surface area (Å²) in [5, 5.41) is 7.73. The number of carbonyl (C=O) groups is 1. The van der Waals surface area contributed by atoms with E-state index >= 15 is 4.21 Å². The number of nitrogens with one attached hydrogen (secondary N) is 2. The third kappa shape index (κ3) is 5.39. The summed E-state index contributed by atoms with van der Waals surface area (Å²) in [6.45, 7) is 2.94. The molecule has 5 aromatic rings. The quantitative estimate of drug-likeness (QED) is 0.164. The Hall–Kier alpha value is -4.93. The van der Waals surface area contributed by atoms with Crippen LogP contribution in [-0.2, 0) is 46.0 Å². The van der Waals surface area contributed by atoms with Gasteiger partial charge in [0, 0.05) is 12.8 Å². The Labute approximate surface area is 287 Å². The van der Waals surface area contributed by atoms with Crippen molar-refractivity contribution in [2.75, 3.05) is 19.0 Å². The number of anilines is 1. The second-order valence-corrected chi connectivity index (χ2v) is 15.0. The third-order valence-corrected chi connectivity index (χ3v) is 11.8. The Bertz CT molecular complexity index is 2040. The number of rotatable bonds is 9. The number of hydrogen-bond acceptors (Lipinski definition) is 6. The Balaban J connectivity index is 1.33. The van der Waals surface area contributed by atoms with Crippen LogP contribution in [0.5, 0.6) is 5.88 Å². The molecule has 49 heavy (non-hydrogen) atoms. The Morgan fingerprint density at radius 2 is 1.61 bits per heavy atom. The number of carbonyl (C=O) groups excluding carboxylic acids is 1. The van der Waals surface area contributed by atoms with Gasteiger partial charge in [-0.1, -0.05) is 104 Å². The van der Waals surface area contributed by atoms with Crippen molar-refractivity contribution in [2.45, 2.75) is 61.6 Å². The highest BCUT2D eigenvalue weighted by Crippen LogP contribution is 2.46. The second kappa shape index (κ2) is 12.5. The first kappa shape index (κ1) is 31.3. The van der Waals surface area contributed by atoms with E-state index in [4.69, 9.17) is 13.8 Å². The van der Waals surface area contributed by atoms with Crippen molar-refractivity contribution < 1.29 is 18.5 Å². The number of amides is 2. The van der Waals surface area contributed by atoms with Gasteiger partial charge < -0.3 is 14.8 Å². The standard InChI is InChI=1S/C39H39N5O4S/c1-26-21-28-22-27-13-12-20-33(27)36(35(26)28)41-38(45)42-49(46,34-23-40-44-24-32(25-47-2)48-37(34)44)43-39(29-14-6-3-7-15-29,30-16-8-4-9-17-30)31-18-10-5-11-19-31/h3-11,14-19,22-23,26,32H,12-13,20-21,24-25H2,1-2H3,(H2,41,42,43,45,46)/t26-,32?,49?/m0/s1. The minimum atomic E-state index is -3.83. The molecule has 9 nitrogen and oxygen atoms in total. The Kier molecular flexibility index (Phi) is 8.00. The van der Waals surface area contributed by atoms with E-state index in [2.05, 4.69) is 28.1 Å². The molecule has 2 amide bonds. The van der Waals surface area contributed by atoms with Gasteiger partial charge in [-0.2, -0.15) is 9.46 Å². The average molecular weight is 674 g/mol. The van der Waals surface area contributed by atoms with Crippen molar-refractivity contribution in [1.82, 2.24) is 14.5 Å². The SMILES string of the molecule is COCC1Cn2ncc(S(=O)(=NC(c3ccccc3)(c3ccccc3)c3ccccc3)NC(=O)Nc3c4c(cc5c3[C@@H](C)C5)CCC4)c2O1. The Morgan fingerprint density at radius 1 is 0.980 bits per heavy atom. The number of benzene rings is 4. The average Bonchev–Trinajstić information content (AvgIpc) is 3.85. The summed E-state index contributed by atoms with van der Waals surface area (Å²) in [6, 6.07) is 31.1. The smallest absolute Gasteiger partial charge is 0.331 e. The maximum atomic E-state index is 16.0. The van der Waals surface area contributed by atoms with E-state index in [1.165, 1.54) is 28.5 Å². The molecule has 1 aromatic heterocycles. The van der Waals surface area contributed by atoms with Crippen LogP contribution in [0.4, 0.5) is 10.5 Å². The molecule has 0 bridgehead atoms. The summed E-state index contributed by atoms with van der Waals surface area (Å²) in [5.41, 5.74) is 6.84. The first-order valence-corrected chi connectivity index (χ1v) is 18.3. The summed E-state index contributed by atoms with van der Waals surface area (Å²) < 4.78 is 37.5. The van der Waals surface area contributed by atoms with Crippen LogP contribution >= 0.6 is 0 Å². The Morgan fingerprint density at radius 3 is 2.20 bits per heavy atom. The van der Waals surface area contributed by atoms with Crippen molar-refractivity contribution in [3.8, 4) is 5.88 Å². The molecule has 2 aliphatic carbocycles. The normalized spacial score (nSPS) is 18.7. The molecule has 10 heteroatoms. The molecule has 3 atom stereocenters. The fraction of sp³-hybridized carbons (Fsp3) is 0.282. The lowest BCUT2D eigenvalue weighted by atomic mass is 9.75. The van der Waals surface area contributed by atoms with Gasteiger partial charge in [-0.25, -0.2) is 18.4 Å². The van der Waals surface area contributed by atoms with E-state index < -0.39 is 21.5 Å². The van der Waals surface area contributed by atoms with Crippen LogP contribution in [0.15, 0.2) is 113 Å². The summed E-state index contributed by atoms with van der Waals surface area (Å²) in [4.78, 5) is 14.5. The number of methoxy groups -OCH3 is 1. The number of fused-ring (bicyclic) bond motifs is 3. The molecular weight excluding hydrogens is 635 g/mol. The van der Waals surface area contributed by atoms with Gasteiger partial charge in [0.25, 0.3) is 0 Å². The van der Waals surface area contributed by atoms with Gasteiger partial charge >= 0.3 is 6.03 Å². The molecule has 2 heterocycles. The van der Waals surface area contributed by atoms with Crippen LogP contribution in [0.1, 0.15) is 58.2 Å². The maximum absolute atomic E-state index is 16.0. The molecule has 8 rings (SSSR count). The molecule has 4 aromatic carbocycles. The number of aryl methyl sites for hydroxylation is 1. The molecule has 0 fully saturated rings. The lowest BCUT2D eigenvalue weighted by Gasteiger charge is -2.33. The van der Waals surface area contributed by atoms with Crippen LogP contribution in [-0.4, -0.2) is 39.8 Å². The predicted octanol–water partition coefficient (Wildman–Crippen LogP) is 6.99. The van der Waals surface area contributed by atoms with Crippen molar-refractivity contribution in [3.63, 3.8) is 0 Å². The highest BCUT2D eigenvalue weighted by Gasteiger charge is 2.41. The summed E-state index contributed by atoms with van der Waals surface area (Å²) in [5.74, 6) is 0.634. The highest BCUT2D eigenvalue weighted by molar-refractivity contribution is 7.92. The minimum absolute atomic E-state index is 0.202. The van der Waals surface area contributed by atoms with Gasteiger partial charge in [0.15, 0.2) is 9.92 Å². The number of nitrogens with zero attached hydrogens (tertiary/aromatic N) is 3. The van der Waals surface area contributed by atoms with Crippen molar-refractivity contribution >= 4 is 21.6 Å². The first-order chi connectivity index (χ1) is 23.9. The van der Waals surface area contributed by atoms with Crippen LogP contribution < -0.4 is 14.8 Å². The zero-order valence-corrected chi connectivity index (χ0v) is 28.4. The third-order valence-electron chi connectivity index (χ3n) is 9.92. The second-order valence-electron chi connectivity index (χ2n) is 13.1. The predicted molar refractivity (Wildman–Crippen MR) is 189 cm³/mol. The number of aromatic nitrogens is 2. The minimum Gasteiger partial charge on any atom is -0.469 e. The van der Waals surface area contributed by atoms with Crippen LogP contribution in [0.25, 0.3) is 0 Å². The highest BCUT2D eigenvalue weighted by atomic mass is 32.2. The molecule has 0 radical (unpaired) electrons. The van der Waals surface area contributed by atoms with Gasteiger partial charge in [0.1, 0.15) is 16.5 Å². The number of hydrogen-bond donors (Lipinski definition) is 2. The van der Waals surface area contributed by atoms with E-state index in [0.717, 1.165) is 48.1 Å². The zero-order valence-electron chi connectivity index (χ0n) is 27.6. The molecular formula is C39H39N5O4S. The van der Waals surface area contributed by atoms with Crippen molar-refractivity contribution in [3.05, 3.63) is 142 Å². The van der Waals surface area contributed by atoms with Crippen LogP contribution in [0, 0.1) is 0 Å². The van der Waals surface area contributed by atoms with E-state index in [9.17, 15) is 4.79 Å². The molecule has 0 spiro atoms. The van der Waals surface area contributed by atoms with Gasteiger partial charge in [0.05, 0.1) is 19.3 Å². The van der Waals surface area contributed by atoms with E-state index in [1.807, 2.05) is 91.0 Å². The summed E-state index contributed by atoms with van der Waals surface area (Å²) >= 11 is 0. The monoisotopic (exact) mass is 673 g/mol. The molecule has 0 saturated carbocycles. The van der Waals surface area contributed by atoms with Crippen LogP contribution in [0.3, 0.4) is 0 Å². The fourth-order valence-electron chi connectivity index (χ4n) is 7.74. The van der Waals surface area contributed by atoms with Gasteiger partial charge in [-0.3, -0.25) is 0 Å². The fourth-order valence-corrected chi connectivity index (χ4v) is 9.57.